The third kappa shape index (κ3) is 4.15. The summed E-state index contributed by atoms with van der Waals surface area (Å²) in [4.78, 5) is 32.4. The largest absolute Gasteiger partial charge is 0.350 e. The molecule has 3 heterocycles. The van der Waals surface area contributed by atoms with Crippen LogP contribution in [0.25, 0.3) is 0 Å². The van der Waals surface area contributed by atoms with E-state index in [1.165, 1.54) is 31.3 Å². The highest BCUT2D eigenvalue weighted by molar-refractivity contribution is 5.97. The molecule has 1 fully saturated rings. The number of carbonyl (C=O) groups is 2. The highest BCUT2D eigenvalue weighted by Gasteiger charge is 2.30. The fourth-order valence-electron chi connectivity index (χ4n) is 4.68. The van der Waals surface area contributed by atoms with Crippen LogP contribution in [0.5, 0.6) is 0 Å². The fraction of sp³-hybridized carbons (Fsp3) is 0.682. The van der Waals surface area contributed by atoms with Crippen molar-refractivity contribution in [2.75, 3.05) is 19.6 Å². The maximum atomic E-state index is 13.0. The van der Waals surface area contributed by atoms with Gasteiger partial charge in [-0.3, -0.25) is 9.59 Å². The van der Waals surface area contributed by atoms with Gasteiger partial charge in [-0.15, -0.1) is 0 Å². The second-order valence-electron chi connectivity index (χ2n) is 8.31. The molecule has 28 heavy (non-hydrogen) atoms. The minimum absolute atomic E-state index is 0.00531. The third-order valence-electron chi connectivity index (χ3n) is 6.28. The number of hydrogen-bond donors (Lipinski definition) is 1. The minimum atomic E-state index is -0.125. The third-order valence-corrected chi connectivity index (χ3v) is 6.28. The minimum Gasteiger partial charge on any atom is -0.350 e. The Morgan fingerprint density at radius 3 is 2.54 bits per heavy atom. The van der Waals surface area contributed by atoms with Gasteiger partial charge in [-0.2, -0.15) is 0 Å². The predicted octanol–water partition coefficient (Wildman–Crippen LogP) is 3.47. The number of nitrogens with one attached hydrogen (secondary N) is 1. The van der Waals surface area contributed by atoms with E-state index in [1.807, 2.05) is 9.47 Å². The maximum absolute atomic E-state index is 13.0. The van der Waals surface area contributed by atoms with E-state index in [9.17, 15) is 9.59 Å². The van der Waals surface area contributed by atoms with Gasteiger partial charge in [-0.05, 0) is 70.6 Å². The maximum Gasteiger partial charge on any atom is 0.289 e. The molecule has 1 N–H and O–H groups in total. The van der Waals surface area contributed by atoms with Crippen LogP contribution in [0.4, 0.5) is 0 Å². The van der Waals surface area contributed by atoms with E-state index in [0.717, 1.165) is 70.3 Å². The van der Waals surface area contributed by atoms with Crippen molar-refractivity contribution in [3.05, 3.63) is 28.9 Å². The summed E-state index contributed by atoms with van der Waals surface area (Å²) in [5.41, 5.74) is 2.87. The molecule has 0 atom stereocenters. The van der Waals surface area contributed by atoms with Crippen molar-refractivity contribution >= 4 is 11.8 Å². The standard InChI is InChI=1S/C22H32N4O2/c27-21(23-13-12-17-9-3-1-4-10-17)19-18-11-5-8-16-26(18)20(24-19)22(28)25-14-6-2-7-15-25/h9H,1-8,10-16H2,(H,23,27). The average Bonchev–Trinajstić information content (AvgIpc) is 3.14. The highest BCUT2D eigenvalue weighted by Crippen LogP contribution is 2.23. The molecular formula is C22H32N4O2. The molecule has 0 saturated carbocycles. The first-order valence-corrected chi connectivity index (χ1v) is 11.1. The highest BCUT2D eigenvalue weighted by atomic mass is 16.2. The van der Waals surface area contributed by atoms with Crippen molar-refractivity contribution in [3.63, 3.8) is 0 Å². The van der Waals surface area contributed by atoms with Crippen LogP contribution in [0.2, 0.25) is 0 Å². The predicted molar refractivity (Wildman–Crippen MR) is 108 cm³/mol. The molecule has 6 heteroatoms. The first-order chi connectivity index (χ1) is 13.7. The Kier molecular flexibility index (Phi) is 6.13. The summed E-state index contributed by atoms with van der Waals surface area (Å²) in [7, 11) is 0. The molecule has 1 aromatic heterocycles. The van der Waals surface area contributed by atoms with Gasteiger partial charge in [0.2, 0.25) is 0 Å². The first-order valence-electron chi connectivity index (χ1n) is 11.1. The monoisotopic (exact) mass is 384 g/mol. The molecular weight excluding hydrogens is 352 g/mol. The molecule has 6 nitrogen and oxygen atoms in total. The summed E-state index contributed by atoms with van der Waals surface area (Å²) in [6.45, 7) is 3.04. The number of fused-ring (bicyclic) bond motifs is 1. The lowest BCUT2D eigenvalue weighted by Crippen LogP contribution is -2.37. The second kappa shape index (κ2) is 8.93. The number of imidazole rings is 1. The Hall–Kier alpha value is -2.11. The number of carbonyl (C=O) groups excluding carboxylic acids is 2. The number of hydrogen-bond acceptors (Lipinski definition) is 3. The lowest BCUT2D eigenvalue weighted by atomic mass is 9.97. The zero-order valence-electron chi connectivity index (χ0n) is 16.8. The van der Waals surface area contributed by atoms with Crippen molar-refractivity contribution < 1.29 is 9.59 Å². The number of likely N-dealkylation sites (tertiary alicyclic amines) is 1. The molecule has 4 rings (SSSR count). The summed E-state index contributed by atoms with van der Waals surface area (Å²) in [6.07, 6.45) is 14.3. The summed E-state index contributed by atoms with van der Waals surface area (Å²) >= 11 is 0. The van der Waals surface area contributed by atoms with Gasteiger partial charge in [-0.25, -0.2) is 4.98 Å². The zero-order chi connectivity index (χ0) is 19.3. The van der Waals surface area contributed by atoms with Crippen LogP contribution < -0.4 is 5.32 Å². The van der Waals surface area contributed by atoms with Crippen molar-refractivity contribution in [1.29, 1.82) is 0 Å². The number of allylic oxidation sites excluding steroid dienone is 1. The zero-order valence-corrected chi connectivity index (χ0v) is 16.8. The van der Waals surface area contributed by atoms with Crippen molar-refractivity contribution in [3.8, 4) is 0 Å². The molecule has 1 aromatic rings. The molecule has 2 amide bonds. The number of aromatic nitrogens is 2. The molecule has 1 aliphatic carbocycles. The van der Waals surface area contributed by atoms with E-state index in [-0.39, 0.29) is 11.8 Å². The molecule has 1 saturated heterocycles. The van der Waals surface area contributed by atoms with E-state index in [2.05, 4.69) is 16.4 Å². The number of nitrogens with zero attached hydrogens (tertiary/aromatic N) is 3. The van der Waals surface area contributed by atoms with Gasteiger partial charge in [0.15, 0.2) is 5.82 Å². The van der Waals surface area contributed by atoms with E-state index in [1.54, 1.807) is 0 Å². The van der Waals surface area contributed by atoms with Gasteiger partial charge in [0.1, 0.15) is 5.69 Å². The van der Waals surface area contributed by atoms with Crippen LogP contribution in [-0.4, -0.2) is 45.9 Å². The van der Waals surface area contributed by atoms with Crippen LogP contribution in [0.15, 0.2) is 11.6 Å². The first kappa shape index (κ1) is 19.2. The summed E-state index contributed by atoms with van der Waals surface area (Å²) in [5.74, 6) is 0.339. The normalized spacial score (nSPS) is 19.7. The smallest absolute Gasteiger partial charge is 0.289 e. The summed E-state index contributed by atoms with van der Waals surface area (Å²) < 4.78 is 2.01. The topological polar surface area (TPSA) is 67.2 Å². The van der Waals surface area contributed by atoms with Crippen LogP contribution in [-0.2, 0) is 13.0 Å². The van der Waals surface area contributed by atoms with E-state index in [0.29, 0.717) is 18.1 Å². The van der Waals surface area contributed by atoms with Gasteiger partial charge >= 0.3 is 0 Å². The van der Waals surface area contributed by atoms with Crippen molar-refractivity contribution in [2.45, 2.75) is 77.2 Å². The SMILES string of the molecule is O=C(NCCC1=CCCCC1)c1nc(C(=O)N2CCCCC2)n2c1CCCC2. The van der Waals surface area contributed by atoms with E-state index < -0.39 is 0 Å². The van der Waals surface area contributed by atoms with Gasteiger partial charge < -0.3 is 14.8 Å². The molecule has 0 aromatic carbocycles. The Bertz CT molecular complexity index is 759. The Labute approximate surface area is 167 Å². The number of rotatable bonds is 5. The quantitative estimate of drug-likeness (QED) is 0.791. The van der Waals surface area contributed by atoms with Gasteiger partial charge in [0.05, 0.1) is 5.69 Å². The summed E-state index contributed by atoms with van der Waals surface area (Å²) in [6, 6.07) is 0. The lowest BCUT2D eigenvalue weighted by Gasteiger charge is -2.27. The van der Waals surface area contributed by atoms with Crippen molar-refractivity contribution in [2.24, 2.45) is 0 Å². The van der Waals surface area contributed by atoms with Crippen LogP contribution >= 0.6 is 0 Å². The Morgan fingerprint density at radius 2 is 1.75 bits per heavy atom. The molecule has 0 unspecified atom stereocenters. The average molecular weight is 385 g/mol. The molecule has 3 aliphatic rings. The van der Waals surface area contributed by atoms with Gasteiger partial charge in [0, 0.05) is 26.2 Å². The molecule has 0 bridgehead atoms. The van der Waals surface area contributed by atoms with Crippen LogP contribution in [0.3, 0.4) is 0 Å². The van der Waals surface area contributed by atoms with E-state index >= 15 is 0 Å². The van der Waals surface area contributed by atoms with Crippen LogP contribution in [0, 0.1) is 0 Å². The van der Waals surface area contributed by atoms with Crippen LogP contribution in [0.1, 0.15) is 91.0 Å². The van der Waals surface area contributed by atoms with Gasteiger partial charge in [0.25, 0.3) is 11.8 Å². The molecule has 0 radical (unpaired) electrons. The Balaban J connectivity index is 1.47. The fourth-order valence-corrected chi connectivity index (χ4v) is 4.68. The molecule has 152 valence electrons. The second-order valence-corrected chi connectivity index (χ2v) is 8.31. The van der Waals surface area contributed by atoms with Gasteiger partial charge in [-0.1, -0.05) is 11.6 Å². The van der Waals surface area contributed by atoms with Crippen molar-refractivity contribution in [1.82, 2.24) is 19.8 Å². The number of amides is 2. The molecule has 0 spiro atoms. The lowest BCUT2D eigenvalue weighted by molar-refractivity contribution is 0.0705. The van der Waals surface area contributed by atoms with E-state index in [4.69, 9.17) is 0 Å². The molecule has 2 aliphatic heterocycles. The number of piperidine rings is 1. The summed E-state index contributed by atoms with van der Waals surface area (Å²) in [5, 5.41) is 3.05. The Morgan fingerprint density at radius 1 is 0.964 bits per heavy atom.